The first kappa shape index (κ1) is 23.6. The molecule has 0 aliphatic rings. The van der Waals surface area contributed by atoms with E-state index in [2.05, 4.69) is 90.8 Å². The molecule has 0 radical (unpaired) electrons. The van der Waals surface area contributed by atoms with Gasteiger partial charge >= 0.3 is 0 Å². The molecule has 43 heavy (non-hydrogen) atoms. The van der Waals surface area contributed by atoms with Crippen LogP contribution < -0.4 is 0 Å². The van der Waals surface area contributed by atoms with Crippen LogP contribution >= 0.6 is 0 Å². The average molecular weight is 555 g/mol. The average Bonchev–Trinajstić information content (AvgIpc) is 3.75. The molecule has 6 aromatic heterocycles. The first-order valence-corrected chi connectivity index (χ1v) is 14.1. The molecule has 0 spiro atoms. The summed E-state index contributed by atoms with van der Waals surface area (Å²) in [4.78, 5) is 18.6. The number of rotatable bonds is 4. The molecule has 202 valence electrons. The Hall–Kier alpha value is -6.08. The first-order chi connectivity index (χ1) is 21.3. The molecular formula is C36H22N6O. The summed E-state index contributed by atoms with van der Waals surface area (Å²) < 4.78 is 11.1. The summed E-state index contributed by atoms with van der Waals surface area (Å²) in [5, 5.41) is 4.61. The first-order valence-electron chi connectivity index (χ1n) is 14.1. The van der Waals surface area contributed by atoms with Crippen molar-refractivity contribution in [1.82, 2.24) is 29.1 Å². The Kier molecular flexibility index (Phi) is 5.06. The molecule has 0 amide bonds. The third-order valence-electron chi connectivity index (χ3n) is 7.97. The van der Waals surface area contributed by atoms with E-state index in [1.807, 2.05) is 48.7 Å². The second kappa shape index (κ2) is 9.22. The fourth-order valence-electron chi connectivity index (χ4n) is 6.15. The zero-order valence-corrected chi connectivity index (χ0v) is 22.8. The van der Waals surface area contributed by atoms with Gasteiger partial charge in [-0.15, -0.1) is 0 Å². The van der Waals surface area contributed by atoms with Crippen LogP contribution in [0.3, 0.4) is 0 Å². The van der Waals surface area contributed by atoms with Crippen molar-refractivity contribution in [2.75, 3.05) is 0 Å². The van der Waals surface area contributed by atoms with E-state index in [9.17, 15) is 0 Å². The molecule has 3 aromatic carbocycles. The third-order valence-corrected chi connectivity index (χ3v) is 7.97. The van der Waals surface area contributed by atoms with Gasteiger partial charge in [0.25, 0.3) is 0 Å². The van der Waals surface area contributed by atoms with Crippen molar-refractivity contribution in [3.8, 4) is 34.5 Å². The van der Waals surface area contributed by atoms with Gasteiger partial charge in [-0.25, -0.2) is 4.98 Å². The molecule has 0 aliphatic carbocycles. The molecule has 9 aromatic rings. The number of hydrogen-bond donors (Lipinski definition) is 0. The molecule has 0 N–H and O–H groups in total. The predicted octanol–water partition coefficient (Wildman–Crippen LogP) is 8.39. The van der Waals surface area contributed by atoms with Crippen LogP contribution in [0.15, 0.2) is 138 Å². The zero-order chi connectivity index (χ0) is 28.3. The molecule has 0 saturated heterocycles. The van der Waals surface area contributed by atoms with Gasteiger partial charge in [-0.1, -0.05) is 48.5 Å². The second-order valence-electron chi connectivity index (χ2n) is 10.4. The predicted molar refractivity (Wildman–Crippen MR) is 169 cm³/mol. The Morgan fingerprint density at radius 3 is 1.84 bits per heavy atom. The van der Waals surface area contributed by atoms with Gasteiger partial charge in [0, 0.05) is 40.1 Å². The van der Waals surface area contributed by atoms with Crippen LogP contribution in [0, 0.1) is 0 Å². The molecule has 0 unspecified atom stereocenters. The monoisotopic (exact) mass is 554 g/mol. The molecule has 0 atom stereocenters. The van der Waals surface area contributed by atoms with Gasteiger partial charge in [-0.2, -0.15) is 0 Å². The summed E-state index contributed by atoms with van der Waals surface area (Å²) in [6, 6.07) is 37.1. The third kappa shape index (κ3) is 3.55. The van der Waals surface area contributed by atoms with E-state index in [4.69, 9.17) is 9.40 Å². The maximum atomic E-state index is 6.63. The van der Waals surface area contributed by atoms with Crippen molar-refractivity contribution in [2.24, 2.45) is 0 Å². The highest BCUT2D eigenvalue weighted by Gasteiger charge is 2.25. The number of aromatic nitrogens is 6. The van der Waals surface area contributed by atoms with Gasteiger partial charge in [-0.3, -0.25) is 19.5 Å². The normalized spacial score (nSPS) is 11.7. The molecule has 9 rings (SSSR count). The van der Waals surface area contributed by atoms with Crippen LogP contribution in [0.1, 0.15) is 0 Å². The van der Waals surface area contributed by atoms with E-state index in [1.165, 1.54) is 10.8 Å². The van der Waals surface area contributed by atoms with E-state index in [0.717, 1.165) is 44.2 Å². The van der Waals surface area contributed by atoms with Crippen LogP contribution in [0.4, 0.5) is 0 Å². The SMILES string of the molecule is c1ccc(-c2nc(-c3ccccn3)c(-n3c4ccccc4c4cc5c6ccccc6n(-c6cccnc6)c5cc43)o2)nc1. The van der Waals surface area contributed by atoms with Gasteiger partial charge in [0.1, 0.15) is 5.69 Å². The fraction of sp³-hybridized carbons (Fsp3) is 0. The number of hydrogen-bond acceptors (Lipinski definition) is 5. The lowest BCUT2D eigenvalue weighted by Gasteiger charge is -2.09. The smallest absolute Gasteiger partial charge is 0.248 e. The summed E-state index contributed by atoms with van der Waals surface area (Å²) in [5.41, 5.74) is 7.25. The summed E-state index contributed by atoms with van der Waals surface area (Å²) in [6.07, 6.45) is 7.22. The topological polar surface area (TPSA) is 74.6 Å². The summed E-state index contributed by atoms with van der Waals surface area (Å²) >= 11 is 0. The molecule has 0 fully saturated rings. The molecular weight excluding hydrogens is 532 g/mol. The summed E-state index contributed by atoms with van der Waals surface area (Å²) in [5.74, 6) is 1.03. The number of pyridine rings is 3. The minimum absolute atomic E-state index is 0.438. The van der Waals surface area contributed by atoms with Crippen LogP contribution in [-0.4, -0.2) is 29.1 Å². The molecule has 0 aliphatic heterocycles. The van der Waals surface area contributed by atoms with Crippen molar-refractivity contribution < 1.29 is 4.42 Å². The highest BCUT2D eigenvalue weighted by Crippen LogP contribution is 2.41. The van der Waals surface area contributed by atoms with Gasteiger partial charge < -0.3 is 8.98 Å². The minimum atomic E-state index is 0.438. The maximum absolute atomic E-state index is 6.63. The number of nitrogens with zero attached hydrogens (tertiary/aromatic N) is 6. The molecule has 6 heterocycles. The van der Waals surface area contributed by atoms with Gasteiger partial charge in [0.05, 0.1) is 39.6 Å². The summed E-state index contributed by atoms with van der Waals surface area (Å²) in [7, 11) is 0. The molecule has 7 nitrogen and oxygen atoms in total. The van der Waals surface area contributed by atoms with Crippen molar-refractivity contribution in [2.45, 2.75) is 0 Å². The summed E-state index contributed by atoms with van der Waals surface area (Å²) in [6.45, 7) is 0. The second-order valence-corrected chi connectivity index (χ2v) is 10.4. The largest absolute Gasteiger partial charge is 0.417 e. The highest BCUT2D eigenvalue weighted by molar-refractivity contribution is 6.19. The Morgan fingerprint density at radius 2 is 1.16 bits per heavy atom. The van der Waals surface area contributed by atoms with Crippen molar-refractivity contribution in [1.29, 1.82) is 0 Å². The van der Waals surface area contributed by atoms with Crippen LogP contribution in [0.2, 0.25) is 0 Å². The molecule has 7 heteroatoms. The van der Waals surface area contributed by atoms with E-state index in [0.29, 0.717) is 23.2 Å². The Morgan fingerprint density at radius 1 is 0.512 bits per heavy atom. The maximum Gasteiger partial charge on any atom is 0.248 e. The Bertz CT molecular complexity index is 2440. The van der Waals surface area contributed by atoms with Crippen molar-refractivity contribution in [3.05, 3.63) is 134 Å². The Balaban J connectivity index is 1.43. The van der Waals surface area contributed by atoms with E-state index < -0.39 is 0 Å². The van der Waals surface area contributed by atoms with E-state index in [-0.39, 0.29) is 0 Å². The standard InChI is InChI=1S/C36H22N6O/c1-3-15-30-24(11-1)26-20-27-25-12-2-4-16-31(25)42(33(27)21-32(26)41(30)23-10-9-17-37-22-23)36-34(28-13-5-7-18-38-28)40-35(43-36)29-14-6-8-19-39-29/h1-22H. The number of benzene rings is 3. The number of oxazole rings is 1. The van der Waals surface area contributed by atoms with Crippen LogP contribution in [0.25, 0.3) is 78.2 Å². The zero-order valence-electron chi connectivity index (χ0n) is 22.8. The fourth-order valence-corrected chi connectivity index (χ4v) is 6.15. The van der Waals surface area contributed by atoms with Crippen molar-refractivity contribution >= 4 is 43.6 Å². The van der Waals surface area contributed by atoms with E-state index >= 15 is 0 Å². The van der Waals surface area contributed by atoms with Gasteiger partial charge in [-0.05, 0) is 60.7 Å². The minimum Gasteiger partial charge on any atom is -0.417 e. The quantitative estimate of drug-likeness (QED) is 0.218. The number of fused-ring (bicyclic) bond motifs is 6. The van der Waals surface area contributed by atoms with Crippen LogP contribution in [0.5, 0.6) is 0 Å². The molecule has 0 bridgehead atoms. The lowest BCUT2D eigenvalue weighted by atomic mass is 10.1. The number of para-hydroxylation sites is 2. The van der Waals surface area contributed by atoms with E-state index in [1.54, 1.807) is 18.6 Å². The highest BCUT2D eigenvalue weighted by atomic mass is 16.4. The Labute approximate surface area is 245 Å². The molecule has 0 saturated carbocycles. The lowest BCUT2D eigenvalue weighted by Crippen LogP contribution is -1.97. The van der Waals surface area contributed by atoms with Gasteiger partial charge in [0.2, 0.25) is 11.8 Å². The van der Waals surface area contributed by atoms with Crippen molar-refractivity contribution in [3.63, 3.8) is 0 Å². The van der Waals surface area contributed by atoms with Gasteiger partial charge in [0.15, 0.2) is 5.69 Å². The van der Waals surface area contributed by atoms with Crippen LogP contribution in [-0.2, 0) is 0 Å². The lowest BCUT2D eigenvalue weighted by molar-refractivity contribution is 0.552.